The van der Waals surface area contributed by atoms with E-state index in [4.69, 9.17) is 69.6 Å². The second kappa shape index (κ2) is 4.62. The molecule has 2 aliphatic carbocycles. The van der Waals surface area contributed by atoms with E-state index in [2.05, 4.69) is 0 Å². The maximum absolute atomic E-state index is 6.44. The number of fused-ring (bicyclic) bond motifs is 1. The van der Waals surface area contributed by atoms with E-state index in [1.807, 2.05) is 13.8 Å². The fraction of sp³-hybridized carbons (Fsp3) is 1.00. The fourth-order valence-electron chi connectivity index (χ4n) is 3.45. The summed E-state index contributed by atoms with van der Waals surface area (Å²) in [6.07, 6.45) is 3.18. The summed E-state index contributed by atoms with van der Waals surface area (Å²) in [6.45, 7) is 4.07. The zero-order valence-corrected chi connectivity index (χ0v) is 14.8. The highest BCUT2D eigenvalue weighted by atomic mass is 35.6. The van der Waals surface area contributed by atoms with Gasteiger partial charge in [-0.3, -0.25) is 0 Å². The van der Waals surface area contributed by atoms with E-state index in [0.717, 1.165) is 19.3 Å². The monoisotopic (exact) mass is 370 g/mol. The van der Waals surface area contributed by atoms with Crippen LogP contribution in [0.15, 0.2) is 0 Å². The second-order valence-electron chi connectivity index (χ2n) is 6.16. The van der Waals surface area contributed by atoms with Gasteiger partial charge in [0, 0.05) is 22.6 Å². The van der Waals surface area contributed by atoms with Crippen LogP contribution in [0.5, 0.6) is 0 Å². The van der Waals surface area contributed by atoms with E-state index in [0.29, 0.717) is 12.3 Å². The van der Waals surface area contributed by atoms with E-state index in [9.17, 15) is 0 Å². The third-order valence-corrected chi connectivity index (χ3v) is 6.62. The lowest BCUT2D eigenvalue weighted by atomic mass is 9.75. The first kappa shape index (κ1) is 16.1. The maximum Gasteiger partial charge on any atom is 0.191 e. The van der Waals surface area contributed by atoms with Gasteiger partial charge in [0.25, 0.3) is 0 Å². The highest BCUT2D eigenvalue weighted by molar-refractivity contribution is 6.67. The van der Waals surface area contributed by atoms with Gasteiger partial charge in [-0.25, -0.2) is 0 Å². The minimum absolute atomic E-state index is 0.181. The van der Waals surface area contributed by atoms with Crippen molar-refractivity contribution in [1.29, 1.82) is 0 Å². The Labute approximate surface area is 139 Å². The number of rotatable bonds is 2. The van der Waals surface area contributed by atoms with Crippen LogP contribution in [-0.4, -0.2) is 13.0 Å². The van der Waals surface area contributed by atoms with Crippen molar-refractivity contribution in [2.75, 3.05) is 0 Å². The Morgan fingerprint density at radius 3 is 2.06 bits per heavy atom. The third-order valence-electron chi connectivity index (χ3n) is 4.63. The van der Waals surface area contributed by atoms with Crippen molar-refractivity contribution in [2.45, 2.75) is 52.5 Å². The van der Waals surface area contributed by atoms with Crippen LogP contribution in [-0.2, 0) is 0 Å². The Morgan fingerprint density at radius 2 is 1.67 bits per heavy atom. The summed E-state index contributed by atoms with van der Waals surface area (Å²) < 4.78 is -2.07. The smallest absolute Gasteiger partial charge is 0.120 e. The van der Waals surface area contributed by atoms with E-state index in [1.54, 1.807) is 0 Å². The van der Waals surface area contributed by atoms with Crippen molar-refractivity contribution in [2.24, 2.45) is 17.3 Å². The zero-order chi connectivity index (χ0) is 14.0. The number of alkyl halides is 6. The highest BCUT2D eigenvalue weighted by Crippen LogP contribution is 2.79. The Bertz CT molecular complexity index is 339. The first-order chi connectivity index (χ1) is 7.90. The van der Waals surface area contributed by atoms with Crippen molar-refractivity contribution in [3.05, 3.63) is 0 Å². The summed E-state index contributed by atoms with van der Waals surface area (Å²) in [6, 6.07) is 0. The molecular weight excluding hydrogens is 357 g/mol. The summed E-state index contributed by atoms with van der Waals surface area (Å²) in [7, 11) is 0. The Balaban J connectivity index is 2.14. The zero-order valence-electron chi connectivity index (χ0n) is 10.3. The van der Waals surface area contributed by atoms with Gasteiger partial charge >= 0.3 is 0 Å². The van der Waals surface area contributed by atoms with Crippen molar-refractivity contribution >= 4 is 69.6 Å². The molecule has 106 valence electrons. The second-order valence-corrected chi connectivity index (χ2v) is 11.0. The standard InChI is InChI=1S/C12H16Cl6/c1-9(2,13)7-3-4-10(6-11(14,15)16)8(5-7)12(10,17)18/h7-8H,3-6H2,1-2H3/t7-,8-,10-/m0/s1. The normalized spacial score (nSPS) is 39.3. The van der Waals surface area contributed by atoms with Crippen LogP contribution in [0.3, 0.4) is 0 Å². The minimum Gasteiger partial charge on any atom is -0.120 e. The molecule has 0 radical (unpaired) electrons. The van der Waals surface area contributed by atoms with E-state index < -0.39 is 8.13 Å². The fourth-order valence-corrected chi connectivity index (χ4v) is 5.44. The molecule has 0 aliphatic heterocycles. The van der Waals surface area contributed by atoms with Gasteiger partial charge in [-0.15, -0.1) is 34.8 Å². The lowest BCUT2D eigenvalue weighted by Crippen LogP contribution is -2.31. The maximum atomic E-state index is 6.44. The SMILES string of the molecule is CC(C)(Cl)[C@H]1CC[C@]2(CC(Cl)(Cl)Cl)[C@H](C1)C2(Cl)Cl. The van der Waals surface area contributed by atoms with Crippen molar-refractivity contribution in [3.8, 4) is 0 Å². The molecule has 0 spiro atoms. The van der Waals surface area contributed by atoms with Crippen molar-refractivity contribution < 1.29 is 0 Å². The molecule has 0 bridgehead atoms. The summed E-state index contributed by atoms with van der Waals surface area (Å²) >= 11 is 37.1. The van der Waals surface area contributed by atoms with E-state index in [-0.39, 0.29) is 16.2 Å². The third kappa shape index (κ3) is 2.72. The minimum atomic E-state index is -1.30. The Kier molecular flexibility index (Phi) is 4.13. The summed E-state index contributed by atoms with van der Waals surface area (Å²) in [4.78, 5) is -0.238. The van der Waals surface area contributed by atoms with E-state index in [1.165, 1.54) is 0 Å². The van der Waals surface area contributed by atoms with Gasteiger partial charge in [0.15, 0.2) is 3.79 Å². The molecule has 0 heterocycles. The van der Waals surface area contributed by atoms with Gasteiger partial charge in [-0.2, -0.15) is 0 Å². The lowest BCUT2D eigenvalue weighted by Gasteiger charge is -2.35. The molecule has 0 unspecified atom stereocenters. The molecule has 0 amide bonds. The molecule has 0 aromatic heterocycles. The van der Waals surface area contributed by atoms with E-state index >= 15 is 0 Å². The average molecular weight is 373 g/mol. The van der Waals surface area contributed by atoms with Gasteiger partial charge < -0.3 is 0 Å². The molecule has 2 aliphatic rings. The molecule has 2 saturated carbocycles. The highest BCUT2D eigenvalue weighted by Gasteiger charge is 2.77. The summed E-state index contributed by atoms with van der Waals surface area (Å²) in [5.74, 6) is 0.591. The molecule has 0 aromatic carbocycles. The predicted molar refractivity (Wildman–Crippen MR) is 82.5 cm³/mol. The first-order valence-corrected chi connectivity index (χ1v) is 8.30. The summed E-state index contributed by atoms with van der Waals surface area (Å²) in [5, 5.41) is 0. The molecule has 18 heavy (non-hydrogen) atoms. The topological polar surface area (TPSA) is 0 Å². The summed E-state index contributed by atoms with van der Waals surface area (Å²) in [5.41, 5.74) is -0.250. The number of halogens is 6. The van der Waals surface area contributed by atoms with Gasteiger partial charge in [0.05, 0.1) is 0 Å². The predicted octanol–water partition coefficient (Wildman–Crippen LogP) is 6.35. The van der Waals surface area contributed by atoms with Crippen LogP contribution in [0.4, 0.5) is 0 Å². The number of hydrogen-bond acceptors (Lipinski definition) is 0. The lowest BCUT2D eigenvalue weighted by molar-refractivity contribution is 0.220. The van der Waals surface area contributed by atoms with Gasteiger partial charge in [0.1, 0.15) is 4.33 Å². The Morgan fingerprint density at radius 1 is 1.11 bits per heavy atom. The molecule has 2 rings (SSSR count). The van der Waals surface area contributed by atoms with Crippen LogP contribution in [0.2, 0.25) is 0 Å². The molecule has 3 atom stereocenters. The molecule has 0 saturated heterocycles. The molecule has 0 N–H and O–H groups in total. The van der Waals surface area contributed by atoms with Crippen LogP contribution in [0.1, 0.15) is 39.5 Å². The molecule has 0 aromatic rings. The Hall–Kier alpha value is 1.74. The van der Waals surface area contributed by atoms with Crippen LogP contribution in [0, 0.1) is 17.3 Å². The largest absolute Gasteiger partial charge is 0.191 e. The molecule has 2 fully saturated rings. The van der Waals surface area contributed by atoms with Crippen molar-refractivity contribution in [1.82, 2.24) is 0 Å². The van der Waals surface area contributed by atoms with Gasteiger partial charge in [-0.1, -0.05) is 34.8 Å². The van der Waals surface area contributed by atoms with Gasteiger partial charge in [0.2, 0.25) is 0 Å². The molecule has 6 heteroatoms. The van der Waals surface area contributed by atoms with Crippen molar-refractivity contribution in [3.63, 3.8) is 0 Å². The first-order valence-electron chi connectivity index (χ1n) is 6.04. The van der Waals surface area contributed by atoms with Gasteiger partial charge in [-0.05, 0) is 39.0 Å². The average Bonchev–Trinajstić information content (AvgIpc) is 2.57. The number of hydrogen-bond donors (Lipinski definition) is 0. The van der Waals surface area contributed by atoms with Crippen LogP contribution in [0.25, 0.3) is 0 Å². The quantitative estimate of drug-likeness (QED) is 0.495. The molecule has 0 nitrogen and oxygen atoms in total. The van der Waals surface area contributed by atoms with Crippen LogP contribution >= 0.6 is 69.6 Å². The van der Waals surface area contributed by atoms with Crippen LogP contribution < -0.4 is 0 Å². The molecular formula is C12H16Cl6.